The number of esters is 1. The Kier molecular flexibility index (Phi) is 12.1. The average Bonchev–Trinajstić information content (AvgIpc) is 2.92. The van der Waals surface area contributed by atoms with Gasteiger partial charge in [-0.1, -0.05) is 0 Å². The summed E-state index contributed by atoms with van der Waals surface area (Å²) in [7, 11) is 1.37. The van der Waals surface area contributed by atoms with E-state index in [1.165, 1.54) is 7.11 Å². The van der Waals surface area contributed by atoms with E-state index in [1.54, 1.807) is 6.21 Å². The fraction of sp³-hybridized carbons (Fsp3) is 0.696. The Bertz CT molecular complexity index is 856. The Morgan fingerprint density at radius 1 is 1.33 bits per heavy atom. The summed E-state index contributed by atoms with van der Waals surface area (Å²) in [5.74, 6) is 7.51. The zero-order valence-electron chi connectivity index (χ0n) is 21.1. The molecular formula is C23H40N9O4+. The number of carbonyl (C=O) groups is 1. The quantitative estimate of drug-likeness (QED) is 0.0644. The van der Waals surface area contributed by atoms with Crippen molar-refractivity contribution in [3.05, 3.63) is 6.07 Å². The number of nitrogens with one attached hydrogen (secondary N) is 4. The van der Waals surface area contributed by atoms with Gasteiger partial charge in [-0.15, -0.1) is 0 Å². The van der Waals surface area contributed by atoms with Crippen molar-refractivity contribution in [2.75, 3.05) is 88.3 Å². The average molecular weight is 507 g/mol. The SMILES string of the molecule is COC(=O)CCOCCC[NH+]=C/C(CNc1nc(NC2CCNCC2)cc(N2CCOCC2)n1)=N\N. The third-order valence-corrected chi connectivity index (χ3v) is 5.89. The monoisotopic (exact) mass is 506 g/mol. The molecule has 2 fully saturated rings. The second-order valence-electron chi connectivity index (χ2n) is 8.57. The number of piperidine rings is 1. The molecular weight excluding hydrogens is 466 g/mol. The molecule has 6 N–H and O–H groups in total. The first-order valence-corrected chi connectivity index (χ1v) is 12.6. The van der Waals surface area contributed by atoms with Gasteiger partial charge in [0.25, 0.3) is 0 Å². The number of hydrogen-bond acceptors (Lipinski definition) is 12. The maximum absolute atomic E-state index is 11.1. The maximum Gasteiger partial charge on any atom is 0.307 e. The Balaban J connectivity index is 1.50. The summed E-state index contributed by atoms with van der Waals surface area (Å²) in [5, 5.41) is 14.1. The molecule has 13 heteroatoms. The minimum absolute atomic E-state index is 0.260. The molecule has 0 spiro atoms. The van der Waals surface area contributed by atoms with Crippen LogP contribution in [-0.4, -0.2) is 107 Å². The molecule has 3 heterocycles. The van der Waals surface area contributed by atoms with Gasteiger partial charge in [0, 0.05) is 31.6 Å². The highest BCUT2D eigenvalue weighted by atomic mass is 16.5. The molecule has 2 saturated heterocycles. The van der Waals surface area contributed by atoms with Crippen molar-refractivity contribution >= 4 is 35.5 Å². The van der Waals surface area contributed by atoms with Crippen molar-refractivity contribution in [3.8, 4) is 0 Å². The normalized spacial score (nSPS) is 17.4. The van der Waals surface area contributed by atoms with Crippen LogP contribution in [0.4, 0.5) is 17.6 Å². The Morgan fingerprint density at radius 2 is 2.14 bits per heavy atom. The molecule has 0 aliphatic carbocycles. The smallest absolute Gasteiger partial charge is 0.307 e. The third-order valence-electron chi connectivity index (χ3n) is 5.89. The predicted octanol–water partition coefficient (Wildman–Crippen LogP) is -1.68. The first kappa shape index (κ1) is 27.6. The van der Waals surface area contributed by atoms with E-state index in [2.05, 4.69) is 35.7 Å². The van der Waals surface area contributed by atoms with E-state index in [0.717, 1.165) is 57.1 Å². The van der Waals surface area contributed by atoms with Crippen LogP contribution in [0.3, 0.4) is 0 Å². The number of nitrogens with two attached hydrogens (primary N) is 1. The van der Waals surface area contributed by atoms with Gasteiger partial charge in [-0.2, -0.15) is 15.1 Å². The number of hydrogen-bond donors (Lipinski definition) is 5. The summed E-state index contributed by atoms with van der Waals surface area (Å²) in [6.45, 7) is 6.92. The van der Waals surface area contributed by atoms with Crippen LogP contribution in [-0.2, 0) is 19.0 Å². The van der Waals surface area contributed by atoms with E-state index in [4.69, 9.17) is 25.3 Å². The molecule has 2 aliphatic heterocycles. The van der Waals surface area contributed by atoms with Crippen LogP contribution in [0.2, 0.25) is 0 Å². The van der Waals surface area contributed by atoms with Gasteiger partial charge in [-0.05, 0) is 25.9 Å². The molecule has 0 atom stereocenters. The standard InChI is InChI=1S/C23H39N9O4/c1-34-22(33)5-12-35-11-2-6-26-16-19(31-24)17-27-23-29-20(28-18-3-7-25-8-4-18)15-21(30-23)32-9-13-36-14-10-32/h15-16,18,25H,2-14,17,24H2,1H3,(H2,27,28,29,30)/p+1/b26-16?,31-19+. The lowest BCUT2D eigenvalue weighted by molar-refractivity contribution is -0.451. The number of hydrazone groups is 1. The molecule has 0 bridgehead atoms. The van der Waals surface area contributed by atoms with Crippen LogP contribution in [0.1, 0.15) is 25.7 Å². The summed E-state index contributed by atoms with van der Waals surface area (Å²) in [5.41, 5.74) is 0.634. The second-order valence-corrected chi connectivity index (χ2v) is 8.57. The Labute approximate surface area is 212 Å². The number of anilines is 3. The van der Waals surface area contributed by atoms with Crippen LogP contribution in [0.25, 0.3) is 0 Å². The first-order valence-electron chi connectivity index (χ1n) is 12.6. The number of methoxy groups -OCH3 is 1. The van der Waals surface area contributed by atoms with Crippen molar-refractivity contribution < 1.29 is 24.0 Å². The molecule has 0 radical (unpaired) electrons. The zero-order chi connectivity index (χ0) is 25.4. The fourth-order valence-corrected chi connectivity index (χ4v) is 3.85. The summed E-state index contributed by atoms with van der Waals surface area (Å²) in [6.07, 6.45) is 4.91. The fourth-order valence-electron chi connectivity index (χ4n) is 3.85. The highest BCUT2D eigenvalue weighted by molar-refractivity contribution is 6.29. The topological polar surface area (TPSA) is 162 Å². The van der Waals surface area contributed by atoms with Gasteiger partial charge in [0.05, 0.1) is 46.5 Å². The minimum Gasteiger partial charge on any atom is -0.469 e. The van der Waals surface area contributed by atoms with Crippen LogP contribution < -0.4 is 31.7 Å². The highest BCUT2D eigenvalue weighted by Crippen LogP contribution is 2.21. The summed E-state index contributed by atoms with van der Waals surface area (Å²) in [4.78, 5) is 25.9. The van der Waals surface area contributed by atoms with E-state index in [9.17, 15) is 4.79 Å². The van der Waals surface area contributed by atoms with Crippen LogP contribution >= 0.6 is 0 Å². The van der Waals surface area contributed by atoms with Crippen molar-refractivity contribution in [2.45, 2.75) is 31.7 Å². The van der Waals surface area contributed by atoms with Crippen molar-refractivity contribution in [2.24, 2.45) is 10.9 Å². The number of ether oxygens (including phenoxy) is 3. The van der Waals surface area contributed by atoms with E-state index >= 15 is 0 Å². The van der Waals surface area contributed by atoms with Crippen molar-refractivity contribution in [1.29, 1.82) is 0 Å². The van der Waals surface area contributed by atoms with E-state index in [-0.39, 0.29) is 12.4 Å². The molecule has 0 amide bonds. The highest BCUT2D eigenvalue weighted by Gasteiger charge is 2.18. The van der Waals surface area contributed by atoms with Gasteiger partial charge in [0.15, 0.2) is 6.21 Å². The third kappa shape index (κ3) is 9.91. The maximum atomic E-state index is 11.1. The molecule has 36 heavy (non-hydrogen) atoms. The number of carbonyl (C=O) groups excluding carboxylic acids is 1. The van der Waals surface area contributed by atoms with E-state index in [1.807, 2.05) is 6.07 Å². The molecule has 2 aliphatic rings. The van der Waals surface area contributed by atoms with Crippen molar-refractivity contribution in [3.63, 3.8) is 0 Å². The van der Waals surface area contributed by atoms with Gasteiger partial charge in [-0.3, -0.25) is 4.79 Å². The zero-order valence-corrected chi connectivity index (χ0v) is 21.1. The summed E-state index contributed by atoms with van der Waals surface area (Å²) in [6, 6.07) is 2.40. The minimum atomic E-state index is -0.272. The van der Waals surface area contributed by atoms with Crippen molar-refractivity contribution in [1.82, 2.24) is 15.3 Å². The van der Waals surface area contributed by atoms with Gasteiger partial charge >= 0.3 is 5.97 Å². The van der Waals surface area contributed by atoms with Crippen LogP contribution in [0.5, 0.6) is 0 Å². The lowest BCUT2D eigenvalue weighted by atomic mass is 10.1. The van der Waals surface area contributed by atoms with Gasteiger partial charge < -0.3 is 40.9 Å². The van der Waals surface area contributed by atoms with E-state index in [0.29, 0.717) is 57.2 Å². The molecule has 3 rings (SSSR count). The summed E-state index contributed by atoms with van der Waals surface area (Å²) >= 11 is 0. The Hall–Kier alpha value is -3.03. The summed E-state index contributed by atoms with van der Waals surface area (Å²) < 4.78 is 15.5. The number of morpholine rings is 1. The molecule has 1 aromatic rings. The van der Waals surface area contributed by atoms with Gasteiger partial charge in [-0.25, -0.2) is 4.99 Å². The first-order chi connectivity index (χ1) is 17.7. The lowest BCUT2D eigenvalue weighted by Crippen LogP contribution is -2.70. The molecule has 1 aromatic heterocycles. The number of nitrogens with zero attached hydrogens (tertiary/aromatic N) is 4. The number of rotatable bonds is 14. The molecule has 0 saturated carbocycles. The second kappa shape index (κ2) is 15.9. The number of aromatic nitrogens is 2. The molecule has 13 nitrogen and oxygen atoms in total. The lowest BCUT2D eigenvalue weighted by Gasteiger charge is -2.29. The Morgan fingerprint density at radius 3 is 2.89 bits per heavy atom. The van der Waals surface area contributed by atoms with Gasteiger partial charge in [0.1, 0.15) is 23.9 Å². The molecule has 200 valence electrons. The largest absolute Gasteiger partial charge is 0.469 e. The van der Waals surface area contributed by atoms with Crippen LogP contribution in [0.15, 0.2) is 11.2 Å². The van der Waals surface area contributed by atoms with Crippen LogP contribution in [0, 0.1) is 0 Å². The van der Waals surface area contributed by atoms with E-state index < -0.39 is 0 Å². The van der Waals surface area contributed by atoms with Gasteiger partial charge in [0.2, 0.25) is 5.95 Å². The predicted molar refractivity (Wildman–Crippen MR) is 139 cm³/mol. The molecule has 0 unspecified atom stereocenters. The molecule has 0 aromatic carbocycles.